The van der Waals surface area contributed by atoms with Crippen molar-refractivity contribution < 1.29 is 18.7 Å². The molecule has 0 N–H and O–H groups in total. The summed E-state index contributed by atoms with van der Waals surface area (Å²) in [5.41, 5.74) is 3.59. The predicted molar refractivity (Wildman–Crippen MR) is 106 cm³/mol. The Labute approximate surface area is 169 Å². The summed E-state index contributed by atoms with van der Waals surface area (Å²) in [4.78, 5) is 19.5. The van der Waals surface area contributed by atoms with Gasteiger partial charge in [-0.05, 0) is 29.3 Å². The van der Waals surface area contributed by atoms with E-state index in [-0.39, 0.29) is 12.0 Å². The lowest BCUT2D eigenvalue weighted by Gasteiger charge is -2.25. The molecule has 0 aliphatic carbocycles. The number of aromatic nitrogens is 1. The Morgan fingerprint density at radius 2 is 2.03 bits per heavy atom. The van der Waals surface area contributed by atoms with E-state index in [4.69, 9.17) is 13.9 Å². The van der Waals surface area contributed by atoms with Crippen molar-refractivity contribution in [1.82, 2.24) is 9.88 Å². The SMILES string of the molecule is COC(c1ccccc1)c1nc2c(o1)CCN(C(=O)c1ccc3c(c1)CCO3)C2. The number of benzene rings is 2. The van der Waals surface area contributed by atoms with Gasteiger partial charge in [0, 0.05) is 32.1 Å². The number of amides is 1. The smallest absolute Gasteiger partial charge is 0.254 e. The van der Waals surface area contributed by atoms with Crippen LogP contribution in [0.25, 0.3) is 0 Å². The molecule has 3 heterocycles. The van der Waals surface area contributed by atoms with Crippen LogP contribution in [-0.2, 0) is 24.1 Å². The van der Waals surface area contributed by atoms with E-state index < -0.39 is 0 Å². The zero-order chi connectivity index (χ0) is 19.8. The topological polar surface area (TPSA) is 64.8 Å². The third kappa shape index (κ3) is 3.29. The minimum atomic E-state index is -0.359. The highest BCUT2D eigenvalue weighted by atomic mass is 16.5. The molecule has 6 nitrogen and oxygen atoms in total. The molecule has 0 spiro atoms. The minimum absolute atomic E-state index is 0.0150. The first kappa shape index (κ1) is 17.9. The monoisotopic (exact) mass is 390 g/mol. The van der Waals surface area contributed by atoms with Gasteiger partial charge in [-0.3, -0.25) is 4.79 Å². The predicted octanol–water partition coefficient (Wildman–Crippen LogP) is 3.54. The molecule has 2 aromatic carbocycles. The Kier molecular flexibility index (Phi) is 4.56. The zero-order valence-corrected chi connectivity index (χ0v) is 16.3. The van der Waals surface area contributed by atoms with E-state index in [1.165, 1.54) is 0 Å². The summed E-state index contributed by atoms with van der Waals surface area (Å²) >= 11 is 0. The normalized spacial score (nSPS) is 16.1. The van der Waals surface area contributed by atoms with Crippen LogP contribution in [0.1, 0.15) is 44.9 Å². The first-order valence-corrected chi connectivity index (χ1v) is 9.84. The van der Waals surface area contributed by atoms with Gasteiger partial charge in [-0.15, -0.1) is 0 Å². The Morgan fingerprint density at radius 1 is 1.17 bits per heavy atom. The van der Waals surface area contributed by atoms with Gasteiger partial charge >= 0.3 is 0 Å². The molecule has 1 unspecified atom stereocenters. The lowest BCUT2D eigenvalue weighted by molar-refractivity contribution is 0.0727. The Bertz CT molecular complexity index is 1040. The van der Waals surface area contributed by atoms with Crippen LogP contribution in [0.15, 0.2) is 52.9 Å². The fourth-order valence-corrected chi connectivity index (χ4v) is 4.01. The number of ether oxygens (including phenoxy) is 2. The summed E-state index contributed by atoms with van der Waals surface area (Å²) in [5.74, 6) is 2.27. The molecule has 1 atom stereocenters. The first-order chi connectivity index (χ1) is 14.2. The van der Waals surface area contributed by atoms with Crippen molar-refractivity contribution in [1.29, 1.82) is 0 Å². The molecule has 5 rings (SSSR count). The van der Waals surface area contributed by atoms with Gasteiger partial charge in [0.05, 0.1) is 13.2 Å². The highest BCUT2D eigenvalue weighted by Crippen LogP contribution is 2.30. The lowest BCUT2D eigenvalue weighted by atomic mass is 10.1. The molecule has 2 aliphatic heterocycles. The third-order valence-electron chi connectivity index (χ3n) is 5.53. The molecule has 1 amide bonds. The number of hydrogen-bond acceptors (Lipinski definition) is 5. The Hall–Kier alpha value is -3.12. The van der Waals surface area contributed by atoms with E-state index in [2.05, 4.69) is 4.98 Å². The van der Waals surface area contributed by atoms with Gasteiger partial charge in [0.15, 0.2) is 6.10 Å². The van der Waals surface area contributed by atoms with Crippen LogP contribution in [0.4, 0.5) is 0 Å². The van der Waals surface area contributed by atoms with Crippen LogP contribution in [0, 0.1) is 0 Å². The Balaban J connectivity index is 1.37. The van der Waals surface area contributed by atoms with Crippen molar-refractivity contribution in [2.45, 2.75) is 25.5 Å². The van der Waals surface area contributed by atoms with E-state index in [1.807, 2.05) is 53.4 Å². The van der Waals surface area contributed by atoms with E-state index >= 15 is 0 Å². The van der Waals surface area contributed by atoms with Crippen LogP contribution >= 0.6 is 0 Å². The van der Waals surface area contributed by atoms with Crippen LogP contribution in [-0.4, -0.2) is 36.1 Å². The zero-order valence-electron chi connectivity index (χ0n) is 16.3. The second-order valence-electron chi connectivity index (χ2n) is 7.35. The fraction of sp³-hybridized carbons (Fsp3) is 0.304. The lowest BCUT2D eigenvalue weighted by Crippen LogP contribution is -2.35. The number of fused-ring (bicyclic) bond motifs is 2. The number of carbonyl (C=O) groups is 1. The van der Waals surface area contributed by atoms with Gasteiger partial charge in [-0.2, -0.15) is 0 Å². The molecule has 29 heavy (non-hydrogen) atoms. The largest absolute Gasteiger partial charge is 0.493 e. The fourth-order valence-electron chi connectivity index (χ4n) is 4.01. The number of rotatable bonds is 4. The number of methoxy groups -OCH3 is 1. The van der Waals surface area contributed by atoms with Gasteiger partial charge in [0.2, 0.25) is 5.89 Å². The maximum Gasteiger partial charge on any atom is 0.254 e. The summed E-state index contributed by atoms with van der Waals surface area (Å²) in [7, 11) is 1.65. The van der Waals surface area contributed by atoms with Crippen molar-refractivity contribution >= 4 is 5.91 Å². The maximum atomic E-state index is 13.0. The number of oxazole rings is 1. The van der Waals surface area contributed by atoms with Gasteiger partial charge in [-0.25, -0.2) is 4.98 Å². The molecule has 0 fully saturated rings. The first-order valence-electron chi connectivity index (χ1n) is 9.84. The van der Waals surface area contributed by atoms with E-state index in [0.717, 1.165) is 34.8 Å². The second-order valence-corrected chi connectivity index (χ2v) is 7.35. The van der Waals surface area contributed by atoms with Gasteiger partial charge in [0.25, 0.3) is 5.91 Å². The highest BCUT2D eigenvalue weighted by Gasteiger charge is 2.29. The van der Waals surface area contributed by atoms with Crippen molar-refractivity contribution in [3.8, 4) is 5.75 Å². The molecule has 0 radical (unpaired) electrons. The van der Waals surface area contributed by atoms with Gasteiger partial charge in [-0.1, -0.05) is 30.3 Å². The van der Waals surface area contributed by atoms with E-state index in [0.29, 0.717) is 37.6 Å². The average molecular weight is 390 g/mol. The standard InChI is InChI=1S/C23H22N2O4/c1-27-21(15-5-3-2-4-6-15)22-24-18-14-25(11-9-20(18)29-22)23(26)17-7-8-19-16(13-17)10-12-28-19/h2-8,13,21H,9-12,14H2,1H3. The minimum Gasteiger partial charge on any atom is -0.493 e. The average Bonchev–Trinajstić information content (AvgIpc) is 3.40. The molecule has 2 aliphatic rings. The van der Waals surface area contributed by atoms with E-state index in [9.17, 15) is 4.79 Å². The molecule has 0 saturated carbocycles. The molecule has 6 heteroatoms. The molecule has 3 aromatic rings. The number of carbonyl (C=O) groups excluding carboxylic acids is 1. The Morgan fingerprint density at radius 3 is 2.86 bits per heavy atom. The van der Waals surface area contributed by atoms with Crippen molar-refractivity contribution in [2.75, 3.05) is 20.3 Å². The summed E-state index contributed by atoms with van der Waals surface area (Å²) in [5, 5.41) is 0. The molecule has 0 bridgehead atoms. The van der Waals surface area contributed by atoms with Crippen molar-refractivity contribution in [3.63, 3.8) is 0 Å². The van der Waals surface area contributed by atoms with Crippen LogP contribution in [0.2, 0.25) is 0 Å². The highest BCUT2D eigenvalue weighted by molar-refractivity contribution is 5.94. The summed E-state index contributed by atoms with van der Waals surface area (Å²) < 4.78 is 17.2. The summed E-state index contributed by atoms with van der Waals surface area (Å²) in [6.07, 6.45) is 1.14. The summed E-state index contributed by atoms with van der Waals surface area (Å²) in [6.45, 7) is 1.73. The molecule has 0 saturated heterocycles. The number of hydrogen-bond donors (Lipinski definition) is 0. The van der Waals surface area contributed by atoms with E-state index in [1.54, 1.807) is 7.11 Å². The molecule has 1 aromatic heterocycles. The van der Waals surface area contributed by atoms with Crippen LogP contribution in [0.5, 0.6) is 5.75 Å². The van der Waals surface area contributed by atoms with Gasteiger partial charge < -0.3 is 18.8 Å². The van der Waals surface area contributed by atoms with Crippen LogP contribution < -0.4 is 4.74 Å². The number of nitrogens with zero attached hydrogens (tertiary/aromatic N) is 2. The third-order valence-corrected chi connectivity index (χ3v) is 5.53. The molecular formula is C23H22N2O4. The van der Waals surface area contributed by atoms with Crippen LogP contribution in [0.3, 0.4) is 0 Å². The maximum absolute atomic E-state index is 13.0. The molecular weight excluding hydrogens is 368 g/mol. The summed E-state index contributed by atoms with van der Waals surface area (Å²) in [6, 6.07) is 15.6. The second kappa shape index (κ2) is 7.37. The quantitative estimate of drug-likeness (QED) is 0.682. The van der Waals surface area contributed by atoms with Crippen molar-refractivity contribution in [3.05, 3.63) is 82.6 Å². The molecule has 148 valence electrons. The van der Waals surface area contributed by atoms with Crippen molar-refractivity contribution in [2.24, 2.45) is 0 Å². The van der Waals surface area contributed by atoms with Gasteiger partial charge in [0.1, 0.15) is 17.2 Å².